The molecule has 1 aromatic carbocycles. The molecule has 1 unspecified atom stereocenters. The third-order valence-corrected chi connectivity index (χ3v) is 5.07. The average Bonchev–Trinajstić information content (AvgIpc) is 3.43. The summed E-state index contributed by atoms with van der Waals surface area (Å²) in [4.78, 5) is 25.1. The maximum Gasteiger partial charge on any atom is 0.313 e. The van der Waals surface area contributed by atoms with Crippen LogP contribution in [0.1, 0.15) is 11.9 Å². The van der Waals surface area contributed by atoms with Crippen molar-refractivity contribution in [1.29, 1.82) is 0 Å². The Morgan fingerprint density at radius 2 is 1.90 bits per heavy atom. The molecule has 0 aliphatic carbocycles. The number of ether oxygens (including phenoxy) is 2. The van der Waals surface area contributed by atoms with Crippen molar-refractivity contribution in [3.63, 3.8) is 0 Å². The number of nitrogens with one attached hydrogen (secondary N) is 2. The Labute approximate surface area is 170 Å². The van der Waals surface area contributed by atoms with Gasteiger partial charge in [-0.25, -0.2) is 0 Å². The minimum atomic E-state index is -1.07. The molecule has 29 heavy (non-hydrogen) atoms. The number of furan rings is 1. The van der Waals surface area contributed by atoms with Gasteiger partial charge in [0.05, 0.1) is 11.4 Å². The van der Waals surface area contributed by atoms with Crippen molar-refractivity contribution in [3.05, 3.63) is 53.6 Å². The number of carbonyl (C=O) groups excluding carboxylic acids is 2. The van der Waals surface area contributed by atoms with Gasteiger partial charge in [-0.3, -0.25) is 9.59 Å². The SMILES string of the molecule is O=C(NCC(O)c1ccc(-c2cccs2)o1)C(=O)Nc1ccc2c(c1)OCCO2. The molecule has 0 saturated heterocycles. The Balaban J connectivity index is 1.30. The highest BCUT2D eigenvalue weighted by atomic mass is 32.1. The van der Waals surface area contributed by atoms with Gasteiger partial charge in [0.2, 0.25) is 0 Å². The topological polar surface area (TPSA) is 110 Å². The molecular weight excluding hydrogens is 396 g/mol. The van der Waals surface area contributed by atoms with Crippen LogP contribution in [0, 0.1) is 0 Å². The summed E-state index contributed by atoms with van der Waals surface area (Å²) in [5.41, 5.74) is 0.404. The largest absolute Gasteiger partial charge is 0.486 e. The third kappa shape index (κ3) is 4.41. The molecule has 150 valence electrons. The molecule has 0 bridgehead atoms. The minimum absolute atomic E-state index is 0.162. The number of anilines is 1. The van der Waals surface area contributed by atoms with Gasteiger partial charge in [0.15, 0.2) is 11.5 Å². The Bertz CT molecular complexity index is 1010. The molecule has 3 N–H and O–H groups in total. The van der Waals surface area contributed by atoms with E-state index in [1.165, 1.54) is 11.3 Å². The number of fused-ring (bicyclic) bond motifs is 1. The second-order valence-corrected chi connectivity index (χ2v) is 7.17. The Morgan fingerprint density at radius 3 is 2.69 bits per heavy atom. The number of rotatable bonds is 5. The number of aliphatic hydroxyl groups is 1. The zero-order chi connectivity index (χ0) is 20.2. The maximum atomic E-state index is 12.1. The van der Waals surface area contributed by atoms with E-state index < -0.39 is 17.9 Å². The van der Waals surface area contributed by atoms with Gasteiger partial charge in [-0.1, -0.05) is 6.07 Å². The van der Waals surface area contributed by atoms with Gasteiger partial charge in [0, 0.05) is 11.8 Å². The zero-order valence-electron chi connectivity index (χ0n) is 15.2. The summed E-state index contributed by atoms with van der Waals surface area (Å²) in [7, 11) is 0. The molecule has 8 nitrogen and oxygen atoms in total. The normalized spacial score (nSPS) is 13.6. The van der Waals surface area contributed by atoms with Gasteiger partial charge in [-0.2, -0.15) is 0 Å². The van der Waals surface area contributed by atoms with E-state index in [-0.39, 0.29) is 6.54 Å². The highest BCUT2D eigenvalue weighted by molar-refractivity contribution is 7.13. The van der Waals surface area contributed by atoms with Gasteiger partial charge < -0.3 is 29.6 Å². The highest BCUT2D eigenvalue weighted by Crippen LogP contribution is 2.32. The summed E-state index contributed by atoms with van der Waals surface area (Å²) in [5.74, 6) is 0.306. The fraction of sp³-hybridized carbons (Fsp3) is 0.200. The Morgan fingerprint density at radius 1 is 1.07 bits per heavy atom. The van der Waals surface area contributed by atoms with E-state index >= 15 is 0 Å². The van der Waals surface area contributed by atoms with Gasteiger partial charge >= 0.3 is 11.8 Å². The van der Waals surface area contributed by atoms with Crippen molar-refractivity contribution in [2.24, 2.45) is 0 Å². The molecule has 1 atom stereocenters. The number of aliphatic hydroxyl groups excluding tert-OH is 1. The van der Waals surface area contributed by atoms with Crippen molar-refractivity contribution in [3.8, 4) is 22.1 Å². The van der Waals surface area contributed by atoms with Crippen molar-refractivity contribution < 1.29 is 28.6 Å². The van der Waals surface area contributed by atoms with Gasteiger partial charge in [-0.05, 0) is 35.7 Å². The quantitative estimate of drug-likeness (QED) is 0.554. The van der Waals surface area contributed by atoms with E-state index in [1.807, 2.05) is 17.5 Å². The monoisotopic (exact) mass is 414 g/mol. The Kier molecular flexibility index (Phi) is 5.50. The van der Waals surface area contributed by atoms with Crippen LogP contribution in [0.15, 0.2) is 52.3 Å². The first-order valence-corrected chi connectivity index (χ1v) is 9.78. The molecular formula is C20H18N2O6S. The van der Waals surface area contributed by atoms with E-state index in [0.717, 1.165) is 4.88 Å². The standard InChI is InChI=1S/C20H18N2O6S/c23-13(14-5-6-16(28-14)18-2-1-9-29-18)11-21-19(24)20(25)22-12-3-4-15-17(10-12)27-8-7-26-15/h1-6,9-10,13,23H,7-8,11H2,(H,21,24)(H,22,25). The molecule has 3 aromatic rings. The van der Waals surface area contributed by atoms with Crippen molar-refractivity contribution in [2.75, 3.05) is 25.1 Å². The molecule has 1 aliphatic rings. The van der Waals surface area contributed by atoms with Crippen LogP contribution in [-0.2, 0) is 9.59 Å². The van der Waals surface area contributed by atoms with Crippen molar-refractivity contribution >= 4 is 28.8 Å². The second-order valence-electron chi connectivity index (χ2n) is 6.22. The summed E-state index contributed by atoms with van der Waals surface area (Å²) in [6.45, 7) is 0.725. The molecule has 3 heterocycles. The first-order chi connectivity index (χ1) is 14.1. The molecule has 9 heteroatoms. The third-order valence-electron chi connectivity index (χ3n) is 4.18. The van der Waals surface area contributed by atoms with Crippen LogP contribution in [-0.4, -0.2) is 36.7 Å². The second kappa shape index (κ2) is 8.38. The molecule has 4 rings (SSSR count). The number of hydrogen-bond acceptors (Lipinski definition) is 7. The molecule has 0 fully saturated rings. The van der Waals surface area contributed by atoms with Crippen LogP contribution in [0.5, 0.6) is 11.5 Å². The minimum Gasteiger partial charge on any atom is -0.486 e. The molecule has 1 aliphatic heterocycles. The number of hydrogen-bond donors (Lipinski definition) is 3. The summed E-state index contributed by atoms with van der Waals surface area (Å²) >= 11 is 1.52. The average molecular weight is 414 g/mol. The van der Waals surface area contributed by atoms with Crippen LogP contribution < -0.4 is 20.1 Å². The first kappa shape index (κ1) is 19.0. The Hall–Kier alpha value is -3.30. The summed E-state index contributed by atoms with van der Waals surface area (Å²) < 4.78 is 16.5. The van der Waals surface area contributed by atoms with E-state index in [0.29, 0.717) is 41.9 Å². The summed E-state index contributed by atoms with van der Waals surface area (Å²) in [5, 5.41) is 17.0. The fourth-order valence-electron chi connectivity index (χ4n) is 2.76. The summed E-state index contributed by atoms with van der Waals surface area (Å²) in [6.07, 6.45) is -1.07. The van der Waals surface area contributed by atoms with E-state index in [4.69, 9.17) is 13.9 Å². The lowest BCUT2D eigenvalue weighted by Gasteiger charge is -2.19. The first-order valence-electron chi connectivity index (χ1n) is 8.90. The lowest BCUT2D eigenvalue weighted by Crippen LogP contribution is -2.37. The van der Waals surface area contributed by atoms with Crippen LogP contribution >= 0.6 is 11.3 Å². The predicted octanol–water partition coefficient (Wildman–Crippen LogP) is 2.57. The van der Waals surface area contributed by atoms with Crippen LogP contribution in [0.2, 0.25) is 0 Å². The van der Waals surface area contributed by atoms with Crippen LogP contribution in [0.4, 0.5) is 5.69 Å². The van der Waals surface area contributed by atoms with Crippen LogP contribution in [0.25, 0.3) is 10.6 Å². The lowest BCUT2D eigenvalue weighted by atomic mass is 10.2. The van der Waals surface area contributed by atoms with Crippen molar-refractivity contribution in [2.45, 2.75) is 6.10 Å². The number of carbonyl (C=O) groups is 2. The number of benzene rings is 1. The predicted molar refractivity (Wildman–Crippen MR) is 106 cm³/mol. The van der Waals surface area contributed by atoms with E-state index in [2.05, 4.69) is 10.6 Å². The van der Waals surface area contributed by atoms with Gasteiger partial charge in [0.1, 0.15) is 30.8 Å². The zero-order valence-corrected chi connectivity index (χ0v) is 16.0. The summed E-state index contributed by atoms with van der Waals surface area (Å²) in [6, 6.07) is 12.1. The highest BCUT2D eigenvalue weighted by Gasteiger charge is 2.19. The maximum absolute atomic E-state index is 12.1. The smallest absolute Gasteiger partial charge is 0.313 e. The van der Waals surface area contributed by atoms with Gasteiger partial charge in [-0.15, -0.1) is 11.3 Å². The van der Waals surface area contributed by atoms with E-state index in [9.17, 15) is 14.7 Å². The molecule has 2 aromatic heterocycles. The fourth-order valence-corrected chi connectivity index (χ4v) is 3.45. The lowest BCUT2D eigenvalue weighted by molar-refractivity contribution is -0.136. The number of thiophene rings is 1. The van der Waals surface area contributed by atoms with Crippen LogP contribution in [0.3, 0.4) is 0 Å². The van der Waals surface area contributed by atoms with E-state index in [1.54, 1.807) is 30.3 Å². The molecule has 0 saturated carbocycles. The molecule has 0 spiro atoms. The van der Waals surface area contributed by atoms with Gasteiger partial charge in [0.25, 0.3) is 0 Å². The molecule has 0 radical (unpaired) electrons. The number of amides is 2. The van der Waals surface area contributed by atoms with Crippen molar-refractivity contribution in [1.82, 2.24) is 5.32 Å². The molecule has 2 amide bonds.